The first-order valence-electron chi connectivity index (χ1n) is 6.53. The van der Waals surface area contributed by atoms with Gasteiger partial charge >= 0.3 is 10.2 Å². The molecule has 0 unspecified atom stereocenters. The van der Waals surface area contributed by atoms with Gasteiger partial charge in [-0.25, -0.2) is 0 Å². The predicted molar refractivity (Wildman–Crippen MR) is 85.2 cm³/mol. The van der Waals surface area contributed by atoms with E-state index in [2.05, 4.69) is 6.58 Å². The summed E-state index contributed by atoms with van der Waals surface area (Å²) in [5.74, 6) is 0. The van der Waals surface area contributed by atoms with Crippen LogP contribution in [0.1, 0.15) is 22.3 Å². The van der Waals surface area contributed by atoms with Crippen LogP contribution in [0.25, 0.3) is 16.0 Å². The van der Waals surface area contributed by atoms with E-state index in [1.54, 1.807) is 24.3 Å². The number of rotatable bonds is 3. The van der Waals surface area contributed by atoms with Crippen LogP contribution in [0.3, 0.4) is 0 Å². The van der Waals surface area contributed by atoms with Gasteiger partial charge in [-0.3, -0.25) is 0 Å². The monoisotopic (exact) mass is 304 g/mol. The van der Waals surface area contributed by atoms with Gasteiger partial charge in [0.05, 0.1) is 4.91 Å². The summed E-state index contributed by atoms with van der Waals surface area (Å²) in [5, 5.41) is 0. The van der Waals surface area contributed by atoms with Gasteiger partial charge in [0.1, 0.15) is 0 Å². The molecule has 0 fully saturated rings. The Morgan fingerprint density at radius 2 is 1.57 bits per heavy atom. The molecule has 0 amide bonds. The molecule has 4 heteroatoms. The van der Waals surface area contributed by atoms with Crippen LogP contribution in [-0.4, -0.2) is 8.42 Å². The zero-order valence-corrected chi connectivity index (χ0v) is 13.1. The molecule has 2 aromatic rings. The topological polar surface area (TPSA) is 34.1 Å². The molecule has 0 spiro atoms. The summed E-state index contributed by atoms with van der Waals surface area (Å²) in [6.07, 6.45) is 0. The minimum absolute atomic E-state index is 0.301. The molecule has 0 bridgehead atoms. The van der Waals surface area contributed by atoms with Gasteiger partial charge in [-0.2, -0.15) is 8.42 Å². The van der Waals surface area contributed by atoms with E-state index in [0.29, 0.717) is 11.1 Å². The fourth-order valence-electron chi connectivity index (χ4n) is 2.68. The maximum Gasteiger partial charge on any atom is 0.332 e. The Balaban J connectivity index is 2.76. The van der Waals surface area contributed by atoms with Crippen molar-refractivity contribution in [1.29, 1.82) is 0 Å². The van der Waals surface area contributed by atoms with E-state index in [4.69, 9.17) is 0 Å². The summed E-state index contributed by atoms with van der Waals surface area (Å²) in [4.78, 5) is -0.502. The number of aryl methyl sites for hydroxylation is 3. The van der Waals surface area contributed by atoms with Crippen LogP contribution in [0, 0.1) is 20.8 Å². The van der Waals surface area contributed by atoms with Gasteiger partial charge in [0.15, 0.2) is 0 Å². The van der Waals surface area contributed by atoms with E-state index in [9.17, 15) is 12.3 Å². The predicted octanol–water partition coefficient (Wildman–Crippen LogP) is 4.55. The highest BCUT2D eigenvalue weighted by Gasteiger charge is 2.20. The third-order valence-electron chi connectivity index (χ3n) is 3.47. The Bertz CT molecular complexity index is 797. The van der Waals surface area contributed by atoms with Gasteiger partial charge in [0.25, 0.3) is 0 Å². The zero-order chi connectivity index (χ0) is 15.8. The third kappa shape index (κ3) is 3.05. The molecule has 0 aliphatic heterocycles. The van der Waals surface area contributed by atoms with Crippen molar-refractivity contribution in [3.05, 3.63) is 65.2 Å². The van der Waals surface area contributed by atoms with Crippen molar-refractivity contribution >= 4 is 15.1 Å². The van der Waals surface area contributed by atoms with Crippen LogP contribution in [0.2, 0.25) is 0 Å². The molecule has 0 saturated heterocycles. The van der Waals surface area contributed by atoms with Gasteiger partial charge in [0, 0.05) is 5.56 Å². The molecule has 0 aromatic heterocycles. The maximum absolute atomic E-state index is 13.3. The summed E-state index contributed by atoms with van der Waals surface area (Å²) in [5.41, 5.74) is 5.06. The summed E-state index contributed by atoms with van der Waals surface area (Å²) in [6, 6.07) is 10.9. The lowest BCUT2D eigenvalue weighted by atomic mass is 9.91. The number of hydrogen-bond donors (Lipinski definition) is 0. The molecule has 0 radical (unpaired) electrons. The van der Waals surface area contributed by atoms with Crippen molar-refractivity contribution in [3.8, 4) is 11.1 Å². The van der Waals surface area contributed by atoms with Crippen molar-refractivity contribution in [2.45, 2.75) is 20.8 Å². The number of benzene rings is 2. The molecule has 0 atom stereocenters. The van der Waals surface area contributed by atoms with Crippen LogP contribution in [0.15, 0.2) is 43.0 Å². The van der Waals surface area contributed by atoms with E-state index in [1.807, 2.05) is 32.9 Å². The summed E-state index contributed by atoms with van der Waals surface area (Å²) in [7, 11) is -4.81. The fraction of sp³-hybridized carbons (Fsp3) is 0.176. The minimum atomic E-state index is -4.81. The summed E-state index contributed by atoms with van der Waals surface area (Å²) >= 11 is 0. The van der Waals surface area contributed by atoms with Gasteiger partial charge in [-0.15, -0.1) is 3.89 Å². The second kappa shape index (κ2) is 5.45. The molecule has 0 aliphatic carbocycles. The zero-order valence-electron chi connectivity index (χ0n) is 12.3. The Kier molecular flexibility index (Phi) is 4.01. The van der Waals surface area contributed by atoms with E-state index in [-0.39, 0.29) is 0 Å². The van der Waals surface area contributed by atoms with Crippen molar-refractivity contribution in [1.82, 2.24) is 0 Å². The van der Waals surface area contributed by atoms with Gasteiger partial charge in [0.2, 0.25) is 0 Å². The van der Waals surface area contributed by atoms with Crippen LogP contribution in [0.4, 0.5) is 3.89 Å². The molecule has 2 aromatic carbocycles. The smallest absolute Gasteiger partial charge is 0.189 e. The Labute approximate surface area is 125 Å². The van der Waals surface area contributed by atoms with Crippen LogP contribution in [0.5, 0.6) is 0 Å². The second-order valence-electron chi connectivity index (χ2n) is 5.18. The lowest BCUT2D eigenvalue weighted by Crippen LogP contribution is -1.99. The summed E-state index contributed by atoms with van der Waals surface area (Å²) < 4.78 is 35.6. The molecule has 2 rings (SSSR count). The van der Waals surface area contributed by atoms with E-state index in [1.165, 1.54) is 0 Å². The van der Waals surface area contributed by atoms with Gasteiger partial charge in [-0.1, -0.05) is 48.5 Å². The molecule has 110 valence electrons. The van der Waals surface area contributed by atoms with Gasteiger partial charge in [-0.05, 0) is 43.0 Å². The van der Waals surface area contributed by atoms with Crippen LogP contribution < -0.4 is 0 Å². The average molecular weight is 304 g/mol. The SMILES string of the molecule is C=C(c1ccccc1-c1c(C)cc(C)cc1C)S(=O)(=O)F. The van der Waals surface area contributed by atoms with Crippen LogP contribution >= 0.6 is 0 Å². The maximum atomic E-state index is 13.3. The van der Waals surface area contributed by atoms with Crippen LogP contribution in [-0.2, 0) is 10.2 Å². The highest BCUT2D eigenvalue weighted by molar-refractivity contribution is 7.95. The lowest BCUT2D eigenvalue weighted by Gasteiger charge is -2.15. The lowest BCUT2D eigenvalue weighted by molar-refractivity contribution is 0.564. The molecule has 0 aliphatic rings. The van der Waals surface area contributed by atoms with Crippen molar-refractivity contribution in [2.75, 3.05) is 0 Å². The highest BCUT2D eigenvalue weighted by Crippen LogP contribution is 2.35. The third-order valence-corrected chi connectivity index (χ3v) is 4.28. The van der Waals surface area contributed by atoms with E-state index >= 15 is 0 Å². The average Bonchev–Trinajstić information content (AvgIpc) is 2.36. The molecule has 0 heterocycles. The van der Waals surface area contributed by atoms with E-state index < -0.39 is 15.1 Å². The van der Waals surface area contributed by atoms with E-state index in [0.717, 1.165) is 22.3 Å². The molecule has 2 nitrogen and oxygen atoms in total. The first-order chi connectivity index (χ1) is 9.71. The summed E-state index contributed by atoms with van der Waals surface area (Å²) in [6.45, 7) is 9.31. The number of halogens is 1. The first kappa shape index (κ1) is 15.4. The quantitative estimate of drug-likeness (QED) is 0.780. The second-order valence-corrected chi connectivity index (χ2v) is 6.55. The fourth-order valence-corrected chi connectivity index (χ4v) is 3.12. The first-order valence-corrected chi connectivity index (χ1v) is 7.91. The number of hydrogen-bond acceptors (Lipinski definition) is 2. The van der Waals surface area contributed by atoms with Gasteiger partial charge < -0.3 is 0 Å². The molecular weight excluding hydrogens is 287 g/mol. The van der Waals surface area contributed by atoms with Crippen molar-refractivity contribution in [2.24, 2.45) is 0 Å². The Morgan fingerprint density at radius 1 is 1.05 bits per heavy atom. The normalized spacial score (nSPS) is 11.4. The molecule has 0 saturated carbocycles. The largest absolute Gasteiger partial charge is 0.332 e. The highest BCUT2D eigenvalue weighted by atomic mass is 32.3. The molecule has 0 N–H and O–H groups in total. The molecular formula is C17H17FO2S. The Hall–Kier alpha value is -1.94. The van der Waals surface area contributed by atoms with Crippen molar-refractivity contribution < 1.29 is 12.3 Å². The molecule has 21 heavy (non-hydrogen) atoms. The minimum Gasteiger partial charge on any atom is -0.189 e. The van der Waals surface area contributed by atoms with Crippen molar-refractivity contribution in [3.63, 3.8) is 0 Å². The Morgan fingerprint density at radius 3 is 2.10 bits per heavy atom. The standard InChI is InChI=1S/C17H17FO2S/c1-11-9-12(2)17(13(3)10-11)16-8-6-5-7-15(16)14(4)21(18,19)20/h5-10H,4H2,1-3H3.